The Kier molecular flexibility index (Phi) is 3.78. The molecule has 0 aliphatic carbocycles. The van der Waals surface area contributed by atoms with Crippen LogP contribution < -0.4 is 5.73 Å². The number of nitrogens with two attached hydrogens (primary N) is 1. The van der Waals surface area contributed by atoms with Crippen LogP contribution >= 0.6 is 0 Å². The number of halogens is 3. The number of rotatable bonds is 2. The number of nitrogens with zero attached hydrogens (tertiary/aromatic N) is 1. The average molecular weight is 210 g/mol. The van der Waals surface area contributed by atoms with Crippen LogP contribution in [0.1, 0.15) is 19.8 Å². The highest BCUT2D eigenvalue weighted by Crippen LogP contribution is 2.27. The van der Waals surface area contributed by atoms with Gasteiger partial charge in [0.1, 0.15) is 6.04 Å². The van der Waals surface area contributed by atoms with Crippen LogP contribution in [-0.2, 0) is 0 Å². The summed E-state index contributed by atoms with van der Waals surface area (Å²) >= 11 is 0. The van der Waals surface area contributed by atoms with Crippen LogP contribution in [0.4, 0.5) is 13.2 Å². The van der Waals surface area contributed by atoms with Gasteiger partial charge in [-0.05, 0) is 31.8 Å². The van der Waals surface area contributed by atoms with Gasteiger partial charge >= 0.3 is 6.18 Å². The Balaban J connectivity index is 2.54. The normalized spacial score (nSPS) is 23.8. The van der Waals surface area contributed by atoms with Crippen molar-refractivity contribution in [3.05, 3.63) is 0 Å². The molecule has 0 aromatic carbocycles. The Morgan fingerprint density at radius 1 is 1.36 bits per heavy atom. The molecule has 0 bridgehead atoms. The molecule has 0 aromatic rings. The van der Waals surface area contributed by atoms with Crippen molar-refractivity contribution in [2.75, 3.05) is 19.6 Å². The first-order valence-electron chi connectivity index (χ1n) is 4.96. The molecule has 0 radical (unpaired) electrons. The Morgan fingerprint density at radius 2 is 1.86 bits per heavy atom. The van der Waals surface area contributed by atoms with E-state index >= 15 is 0 Å². The van der Waals surface area contributed by atoms with E-state index in [9.17, 15) is 13.2 Å². The molecule has 0 saturated carbocycles. The molecule has 0 aromatic heterocycles. The summed E-state index contributed by atoms with van der Waals surface area (Å²) in [6.07, 6.45) is -2.51. The fourth-order valence-electron chi connectivity index (χ4n) is 1.83. The minimum Gasteiger partial charge on any atom is -0.329 e. The summed E-state index contributed by atoms with van der Waals surface area (Å²) in [5.41, 5.74) is 5.16. The standard InChI is InChI=1S/C9H17F3N2/c1-7-2-4-14(5-3-7)8(6-13)9(10,11)12/h7-8H,2-6,13H2,1H3/t8-/m0/s1. The van der Waals surface area contributed by atoms with Crippen molar-refractivity contribution in [1.29, 1.82) is 0 Å². The molecule has 84 valence electrons. The minimum atomic E-state index is -4.19. The van der Waals surface area contributed by atoms with Gasteiger partial charge in [-0.25, -0.2) is 0 Å². The van der Waals surface area contributed by atoms with E-state index < -0.39 is 12.2 Å². The lowest BCUT2D eigenvalue weighted by Crippen LogP contribution is -2.52. The largest absolute Gasteiger partial charge is 0.405 e. The monoisotopic (exact) mass is 210 g/mol. The highest BCUT2D eigenvalue weighted by molar-refractivity contribution is 4.82. The predicted octanol–water partition coefficient (Wildman–Crippen LogP) is 1.61. The van der Waals surface area contributed by atoms with Crippen LogP contribution in [0, 0.1) is 5.92 Å². The Hall–Kier alpha value is -0.290. The maximum atomic E-state index is 12.5. The van der Waals surface area contributed by atoms with Crippen molar-refractivity contribution < 1.29 is 13.2 Å². The first-order chi connectivity index (χ1) is 6.45. The number of piperidine rings is 1. The minimum absolute atomic E-state index is 0.335. The summed E-state index contributed by atoms with van der Waals surface area (Å²) in [6, 6.07) is -1.45. The van der Waals surface area contributed by atoms with Gasteiger partial charge in [-0.2, -0.15) is 13.2 Å². The zero-order chi connectivity index (χ0) is 10.8. The van der Waals surface area contributed by atoms with E-state index in [-0.39, 0.29) is 6.54 Å². The van der Waals surface area contributed by atoms with Gasteiger partial charge in [0, 0.05) is 6.54 Å². The average Bonchev–Trinajstić information content (AvgIpc) is 2.07. The van der Waals surface area contributed by atoms with Crippen LogP contribution in [0.25, 0.3) is 0 Å². The topological polar surface area (TPSA) is 29.3 Å². The SMILES string of the molecule is CC1CCN([C@@H](CN)C(F)(F)F)CC1. The highest BCUT2D eigenvalue weighted by Gasteiger charge is 2.43. The quantitative estimate of drug-likeness (QED) is 0.750. The number of hydrogen-bond donors (Lipinski definition) is 1. The summed E-state index contributed by atoms with van der Waals surface area (Å²) < 4.78 is 37.4. The van der Waals surface area contributed by atoms with Crippen molar-refractivity contribution in [3.8, 4) is 0 Å². The number of hydrogen-bond acceptors (Lipinski definition) is 2. The van der Waals surface area contributed by atoms with Crippen molar-refractivity contribution >= 4 is 0 Å². The summed E-state index contributed by atoms with van der Waals surface area (Å²) in [5.74, 6) is 0.540. The molecule has 0 spiro atoms. The van der Waals surface area contributed by atoms with Crippen molar-refractivity contribution in [3.63, 3.8) is 0 Å². The first kappa shape index (κ1) is 11.8. The van der Waals surface area contributed by atoms with Crippen LogP contribution in [0.2, 0.25) is 0 Å². The second kappa shape index (κ2) is 4.49. The molecule has 1 aliphatic heterocycles. The first-order valence-corrected chi connectivity index (χ1v) is 4.96. The molecule has 14 heavy (non-hydrogen) atoms. The molecule has 5 heteroatoms. The lowest BCUT2D eigenvalue weighted by atomic mass is 9.98. The lowest BCUT2D eigenvalue weighted by Gasteiger charge is -2.36. The van der Waals surface area contributed by atoms with Crippen molar-refractivity contribution in [1.82, 2.24) is 4.90 Å². The predicted molar refractivity (Wildman–Crippen MR) is 48.9 cm³/mol. The molecule has 1 heterocycles. The van der Waals surface area contributed by atoms with Gasteiger partial charge in [0.2, 0.25) is 0 Å². The lowest BCUT2D eigenvalue weighted by molar-refractivity contribution is -0.184. The van der Waals surface area contributed by atoms with Crippen LogP contribution in [0.3, 0.4) is 0 Å². The summed E-state index contributed by atoms with van der Waals surface area (Å²) in [6.45, 7) is 2.77. The van der Waals surface area contributed by atoms with E-state index in [0.717, 1.165) is 12.8 Å². The fourth-order valence-corrected chi connectivity index (χ4v) is 1.83. The van der Waals surface area contributed by atoms with Crippen molar-refractivity contribution in [2.24, 2.45) is 11.7 Å². The second-order valence-electron chi connectivity index (χ2n) is 4.01. The van der Waals surface area contributed by atoms with Gasteiger partial charge in [0.25, 0.3) is 0 Å². The highest BCUT2D eigenvalue weighted by atomic mass is 19.4. The number of alkyl halides is 3. The van der Waals surface area contributed by atoms with E-state index in [1.165, 1.54) is 4.90 Å². The molecule has 1 saturated heterocycles. The van der Waals surface area contributed by atoms with Crippen LogP contribution in [0.15, 0.2) is 0 Å². The van der Waals surface area contributed by atoms with Gasteiger partial charge in [-0.15, -0.1) is 0 Å². The van der Waals surface area contributed by atoms with Crippen LogP contribution in [-0.4, -0.2) is 36.8 Å². The Labute approximate surface area is 82.2 Å². The van der Waals surface area contributed by atoms with Crippen molar-refractivity contribution in [2.45, 2.75) is 32.0 Å². The molecule has 1 atom stereocenters. The summed E-state index contributed by atoms with van der Waals surface area (Å²) in [5, 5.41) is 0. The van der Waals surface area contributed by atoms with E-state index in [1.807, 2.05) is 0 Å². The molecular weight excluding hydrogens is 193 g/mol. The third-order valence-corrected chi connectivity index (χ3v) is 2.86. The molecule has 1 aliphatic rings. The number of likely N-dealkylation sites (tertiary alicyclic amines) is 1. The molecule has 0 amide bonds. The molecule has 1 rings (SSSR count). The zero-order valence-corrected chi connectivity index (χ0v) is 8.35. The Morgan fingerprint density at radius 3 is 2.21 bits per heavy atom. The van der Waals surface area contributed by atoms with Gasteiger partial charge in [-0.1, -0.05) is 6.92 Å². The maximum absolute atomic E-state index is 12.5. The molecular formula is C9H17F3N2. The molecule has 2 nitrogen and oxygen atoms in total. The third kappa shape index (κ3) is 2.85. The van der Waals surface area contributed by atoms with E-state index in [1.54, 1.807) is 0 Å². The van der Waals surface area contributed by atoms with Gasteiger partial charge in [0.05, 0.1) is 0 Å². The third-order valence-electron chi connectivity index (χ3n) is 2.86. The smallest absolute Gasteiger partial charge is 0.329 e. The van der Waals surface area contributed by atoms with Gasteiger partial charge < -0.3 is 5.73 Å². The zero-order valence-electron chi connectivity index (χ0n) is 8.35. The summed E-state index contributed by atoms with van der Waals surface area (Å²) in [7, 11) is 0. The molecule has 1 fully saturated rings. The molecule has 2 N–H and O–H groups in total. The van der Waals surface area contributed by atoms with Crippen LogP contribution in [0.5, 0.6) is 0 Å². The molecule has 0 unspecified atom stereocenters. The van der Waals surface area contributed by atoms with Gasteiger partial charge in [0.15, 0.2) is 0 Å². The Bertz CT molecular complexity index is 173. The maximum Gasteiger partial charge on any atom is 0.405 e. The van der Waals surface area contributed by atoms with Gasteiger partial charge in [-0.3, -0.25) is 4.90 Å². The van der Waals surface area contributed by atoms with E-state index in [2.05, 4.69) is 6.92 Å². The summed E-state index contributed by atoms with van der Waals surface area (Å²) in [4.78, 5) is 1.46. The fraction of sp³-hybridized carbons (Fsp3) is 1.00. The van der Waals surface area contributed by atoms with E-state index in [4.69, 9.17) is 5.73 Å². The van der Waals surface area contributed by atoms with E-state index in [0.29, 0.717) is 19.0 Å². The second-order valence-corrected chi connectivity index (χ2v) is 4.01.